The van der Waals surface area contributed by atoms with E-state index < -0.39 is 10.4 Å². The Bertz CT molecular complexity index is 440. The molecule has 1 aromatic rings. The number of alkyl halides is 3. The fourth-order valence-corrected chi connectivity index (χ4v) is 1.64. The van der Waals surface area contributed by atoms with Crippen molar-refractivity contribution < 1.29 is 18.1 Å². The van der Waals surface area contributed by atoms with Crippen LogP contribution in [-0.4, -0.2) is 22.7 Å². The molecule has 0 spiro atoms. The van der Waals surface area contributed by atoms with Gasteiger partial charge in [-0.2, -0.15) is 13.2 Å². The Hall–Kier alpha value is -1.64. The molecule has 0 bridgehead atoms. The second kappa shape index (κ2) is 5.80. The molecule has 5 nitrogen and oxygen atoms in total. The molecule has 0 saturated heterocycles. The lowest BCUT2D eigenvalue weighted by atomic mass is 10.2. The van der Waals surface area contributed by atoms with Gasteiger partial charge in [0.25, 0.3) is 5.69 Å². The van der Waals surface area contributed by atoms with E-state index in [9.17, 15) is 23.3 Å². The number of benzene rings is 1. The third-order valence-electron chi connectivity index (χ3n) is 1.85. The molecule has 0 fully saturated rings. The van der Waals surface area contributed by atoms with Crippen molar-refractivity contribution >= 4 is 28.8 Å². The highest BCUT2D eigenvalue weighted by atomic mass is 32.2. The van der Waals surface area contributed by atoms with E-state index in [0.717, 1.165) is 0 Å². The van der Waals surface area contributed by atoms with Gasteiger partial charge < -0.3 is 11.1 Å². The van der Waals surface area contributed by atoms with Crippen LogP contribution < -0.4 is 11.1 Å². The molecular weight excluding hydrogens is 271 g/mol. The zero-order valence-electron chi connectivity index (χ0n) is 9.03. The normalized spacial score (nSPS) is 11.3. The molecule has 0 aromatic heterocycles. The summed E-state index contributed by atoms with van der Waals surface area (Å²) >= 11 is -0.160. The number of hydrogen-bond acceptors (Lipinski definition) is 5. The number of thioether (sulfide) groups is 1. The number of nitro groups is 1. The van der Waals surface area contributed by atoms with E-state index >= 15 is 0 Å². The quantitative estimate of drug-likeness (QED) is 0.375. The predicted molar refractivity (Wildman–Crippen MR) is 64.5 cm³/mol. The average Bonchev–Trinajstić information content (AvgIpc) is 2.22. The number of anilines is 2. The summed E-state index contributed by atoms with van der Waals surface area (Å²) < 4.78 is 35.5. The lowest BCUT2D eigenvalue weighted by molar-refractivity contribution is -0.384. The molecule has 0 aliphatic rings. The maximum Gasteiger partial charge on any atom is 0.441 e. The SMILES string of the molecule is Nc1cc(NCCSC(F)(F)F)cc([N+](=O)[O-])c1. The third kappa shape index (κ3) is 5.13. The Morgan fingerprint density at radius 1 is 1.39 bits per heavy atom. The maximum atomic E-state index is 11.8. The molecule has 0 aliphatic heterocycles. The highest BCUT2D eigenvalue weighted by Crippen LogP contribution is 2.30. The first kappa shape index (κ1) is 14.4. The Balaban J connectivity index is 2.55. The van der Waals surface area contributed by atoms with Gasteiger partial charge >= 0.3 is 5.51 Å². The topological polar surface area (TPSA) is 81.2 Å². The van der Waals surface area contributed by atoms with E-state index in [0.29, 0.717) is 5.69 Å². The molecule has 0 radical (unpaired) electrons. The van der Waals surface area contributed by atoms with Gasteiger partial charge in [0.05, 0.1) is 4.92 Å². The second-order valence-corrected chi connectivity index (χ2v) is 4.45. The van der Waals surface area contributed by atoms with E-state index in [2.05, 4.69) is 5.32 Å². The molecule has 18 heavy (non-hydrogen) atoms. The smallest absolute Gasteiger partial charge is 0.398 e. The van der Waals surface area contributed by atoms with Gasteiger partial charge in [-0.3, -0.25) is 10.1 Å². The minimum Gasteiger partial charge on any atom is -0.398 e. The first-order chi connectivity index (χ1) is 8.28. The van der Waals surface area contributed by atoms with Crippen molar-refractivity contribution in [2.45, 2.75) is 5.51 Å². The van der Waals surface area contributed by atoms with Crippen LogP contribution in [-0.2, 0) is 0 Å². The Morgan fingerprint density at radius 3 is 2.61 bits per heavy atom. The van der Waals surface area contributed by atoms with Crippen LogP contribution >= 0.6 is 11.8 Å². The molecule has 0 atom stereocenters. The van der Waals surface area contributed by atoms with Gasteiger partial charge in [0, 0.05) is 35.8 Å². The molecular formula is C9H10F3N3O2S. The van der Waals surface area contributed by atoms with Crippen LogP contribution in [0.4, 0.5) is 30.2 Å². The van der Waals surface area contributed by atoms with E-state index in [-0.39, 0.29) is 35.4 Å². The summed E-state index contributed by atoms with van der Waals surface area (Å²) in [5.41, 5.74) is 1.46. The van der Waals surface area contributed by atoms with E-state index in [4.69, 9.17) is 5.73 Å². The van der Waals surface area contributed by atoms with Gasteiger partial charge in [0.15, 0.2) is 0 Å². The van der Waals surface area contributed by atoms with Crippen LogP contribution in [0.15, 0.2) is 18.2 Å². The average molecular weight is 281 g/mol. The summed E-state index contributed by atoms with van der Waals surface area (Å²) in [7, 11) is 0. The second-order valence-electron chi connectivity index (χ2n) is 3.29. The van der Waals surface area contributed by atoms with Gasteiger partial charge in [-0.15, -0.1) is 0 Å². The summed E-state index contributed by atoms with van der Waals surface area (Å²) in [4.78, 5) is 9.92. The Labute approximate surface area is 105 Å². The lowest BCUT2D eigenvalue weighted by Crippen LogP contribution is -2.09. The number of halogens is 3. The standard InChI is InChI=1S/C9H10F3N3O2S/c10-9(11,12)18-2-1-14-7-3-6(13)4-8(5-7)15(16)17/h3-5,14H,1-2,13H2. The van der Waals surface area contributed by atoms with Gasteiger partial charge in [0.1, 0.15) is 0 Å². The van der Waals surface area contributed by atoms with Crippen molar-refractivity contribution in [3.05, 3.63) is 28.3 Å². The monoisotopic (exact) mass is 281 g/mol. The van der Waals surface area contributed by atoms with Gasteiger partial charge in [-0.25, -0.2) is 0 Å². The fourth-order valence-electron chi connectivity index (χ4n) is 1.20. The number of nitrogens with zero attached hydrogens (tertiary/aromatic N) is 1. The van der Waals surface area contributed by atoms with Crippen molar-refractivity contribution in [2.75, 3.05) is 23.3 Å². The summed E-state index contributed by atoms with van der Waals surface area (Å²) in [6, 6.07) is 3.81. The molecule has 9 heteroatoms. The van der Waals surface area contributed by atoms with Crippen LogP contribution in [0.25, 0.3) is 0 Å². The first-order valence-corrected chi connectivity index (χ1v) is 5.76. The van der Waals surface area contributed by atoms with Crippen LogP contribution in [0.1, 0.15) is 0 Å². The number of rotatable bonds is 5. The molecule has 0 aliphatic carbocycles. The van der Waals surface area contributed by atoms with Crippen LogP contribution in [0.2, 0.25) is 0 Å². The van der Waals surface area contributed by atoms with Gasteiger partial charge in [0.2, 0.25) is 0 Å². The van der Waals surface area contributed by atoms with Gasteiger partial charge in [-0.1, -0.05) is 0 Å². The summed E-state index contributed by atoms with van der Waals surface area (Å²) in [5, 5.41) is 13.2. The largest absolute Gasteiger partial charge is 0.441 e. The van der Waals surface area contributed by atoms with E-state index in [1.54, 1.807) is 0 Å². The highest BCUT2D eigenvalue weighted by molar-refractivity contribution is 8.00. The Morgan fingerprint density at radius 2 is 2.06 bits per heavy atom. The minimum absolute atomic E-state index is 0.0325. The molecule has 0 heterocycles. The number of non-ortho nitro benzene ring substituents is 1. The van der Waals surface area contributed by atoms with Crippen LogP contribution in [0, 0.1) is 10.1 Å². The lowest BCUT2D eigenvalue weighted by Gasteiger charge is -2.08. The van der Waals surface area contributed by atoms with E-state index in [1.165, 1.54) is 18.2 Å². The third-order valence-corrected chi connectivity index (χ3v) is 2.58. The van der Waals surface area contributed by atoms with Crippen molar-refractivity contribution in [3.8, 4) is 0 Å². The molecule has 3 N–H and O–H groups in total. The van der Waals surface area contributed by atoms with Crippen LogP contribution in [0.5, 0.6) is 0 Å². The molecule has 0 saturated carbocycles. The molecule has 100 valence electrons. The van der Waals surface area contributed by atoms with Crippen molar-refractivity contribution in [3.63, 3.8) is 0 Å². The zero-order valence-corrected chi connectivity index (χ0v) is 9.85. The van der Waals surface area contributed by atoms with Crippen molar-refractivity contribution in [2.24, 2.45) is 0 Å². The fraction of sp³-hybridized carbons (Fsp3) is 0.333. The van der Waals surface area contributed by atoms with Crippen molar-refractivity contribution in [1.29, 1.82) is 0 Å². The number of nitrogen functional groups attached to an aromatic ring is 1. The maximum absolute atomic E-state index is 11.8. The first-order valence-electron chi connectivity index (χ1n) is 4.77. The summed E-state index contributed by atoms with van der Waals surface area (Å²) in [6.45, 7) is 0.0325. The zero-order chi connectivity index (χ0) is 13.8. The Kier molecular flexibility index (Phi) is 4.65. The summed E-state index contributed by atoms with van der Waals surface area (Å²) in [6.07, 6.45) is 0. The number of nitrogens with two attached hydrogens (primary N) is 1. The number of hydrogen-bond donors (Lipinski definition) is 2. The molecule has 0 amide bonds. The highest BCUT2D eigenvalue weighted by Gasteiger charge is 2.27. The van der Waals surface area contributed by atoms with Crippen LogP contribution in [0.3, 0.4) is 0 Å². The molecule has 0 unspecified atom stereocenters. The van der Waals surface area contributed by atoms with Crippen molar-refractivity contribution in [1.82, 2.24) is 0 Å². The van der Waals surface area contributed by atoms with Gasteiger partial charge in [-0.05, 0) is 17.8 Å². The molecule has 1 aromatic carbocycles. The summed E-state index contributed by atoms with van der Waals surface area (Å²) in [5.74, 6) is -0.188. The minimum atomic E-state index is -4.27. The molecule has 1 rings (SSSR count). The van der Waals surface area contributed by atoms with E-state index in [1.807, 2.05) is 0 Å². The number of nitro benzene ring substituents is 1. The predicted octanol–water partition coefficient (Wildman–Crippen LogP) is 2.84. The number of nitrogens with one attached hydrogen (secondary N) is 1.